The van der Waals surface area contributed by atoms with Gasteiger partial charge in [0.05, 0.1) is 11.6 Å². The lowest BCUT2D eigenvalue weighted by Crippen LogP contribution is -2.09. The van der Waals surface area contributed by atoms with Gasteiger partial charge in [-0.05, 0) is 30.3 Å². The Balaban J connectivity index is 1.99. The number of nitrogens with zero attached hydrogens (tertiary/aromatic N) is 2. The first-order chi connectivity index (χ1) is 10.3. The van der Waals surface area contributed by atoms with Crippen molar-refractivity contribution in [1.82, 2.24) is 4.98 Å². The Labute approximate surface area is 131 Å². The van der Waals surface area contributed by atoms with Gasteiger partial charge in [0, 0.05) is 27.3 Å². The van der Waals surface area contributed by atoms with Crippen molar-refractivity contribution in [2.24, 2.45) is 0 Å². The van der Waals surface area contributed by atoms with Gasteiger partial charge in [0.1, 0.15) is 6.04 Å². The predicted molar refractivity (Wildman–Crippen MR) is 87.9 cm³/mol. The van der Waals surface area contributed by atoms with Crippen LogP contribution in [-0.4, -0.2) is 4.98 Å². The number of para-hydroxylation sites is 1. The van der Waals surface area contributed by atoms with Gasteiger partial charge >= 0.3 is 0 Å². The molecule has 0 bridgehead atoms. The largest absolute Gasteiger partial charge is 0.366 e. The molecule has 1 N–H and O–H groups in total. The summed E-state index contributed by atoms with van der Waals surface area (Å²) in [5.41, 5.74) is 2.65. The summed E-state index contributed by atoms with van der Waals surface area (Å²) in [7, 11) is 0. The van der Waals surface area contributed by atoms with Gasteiger partial charge in [0.2, 0.25) is 0 Å². The molecule has 0 aliphatic carbocycles. The number of rotatable bonds is 3. The zero-order chi connectivity index (χ0) is 14.7. The molecule has 102 valence electrons. The minimum atomic E-state index is -0.440. The summed E-state index contributed by atoms with van der Waals surface area (Å²) in [5.74, 6) is 0. The molecule has 2 aromatic carbocycles. The van der Waals surface area contributed by atoms with E-state index in [1.165, 1.54) is 0 Å². The molecular weight excluding hydrogens is 326 g/mol. The second-order valence-electron chi connectivity index (χ2n) is 4.64. The van der Waals surface area contributed by atoms with Crippen LogP contribution in [0, 0.1) is 11.3 Å². The highest BCUT2D eigenvalue weighted by atomic mass is 79.9. The maximum Gasteiger partial charge on any atom is 0.142 e. The molecule has 0 amide bonds. The lowest BCUT2D eigenvalue weighted by Gasteiger charge is -2.15. The van der Waals surface area contributed by atoms with Gasteiger partial charge in [-0.25, -0.2) is 0 Å². The molecule has 0 spiro atoms. The summed E-state index contributed by atoms with van der Waals surface area (Å²) in [6, 6.07) is 19.4. The Hall–Kier alpha value is -2.38. The maximum atomic E-state index is 9.51. The Kier molecular flexibility index (Phi) is 3.85. The smallest absolute Gasteiger partial charge is 0.142 e. The summed E-state index contributed by atoms with van der Waals surface area (Å²) in [6.07, 6.45) is 1.75. The molecule has 3 aromatic rings. The summed E-state index contributed by atoms with van der Waals surface area (Å²) >= 11 is 3.40. The molecule has 4 heteroatoms. The fourth-order valence-corrected chi connectivity index (χ4v) is 2.52. The number of anilines is 1. The third kappa shape index (κ3) is 2.88. The standard InChI is InChI=1S/C17H12BrN3/c18-13-6-8-14(9-7-13)21-16(11-19)15-5-1-3-12-4-2-10-20-17(12)15/h1-10,16,21H. The first-order valence-corrected chi connectivity index (χ1v) is 7.32. The first kappa shape index (κ1) is 13.6. The predicted octanol–water partition coefficient (Wildman–Crippen LogP) is 4.67. The topological polar surface area (TPSA) is 48.7 Å². The Morgan fingerprint density at radius 1 is 1.05 bits per heavy atom. The number of hydrogen-bond donors (Lipinski definition) is 1. The molecule has 1 heterocycles. The number of aromatic nitrogens is 1. The van der Waals surface area contributed by atoms with Gasteiger partial charge in [0.25, 0.3) is 0 Å². The molecule has 21 heavy (non-hydrogen) atoms. The number of pyridine rings is 1. The van der Waals surface area contributed by atoms with Gasteiger partial charge in [0.15, 0.2) is 0 Å². The van der Waals surface area contributed by atoms with Crippen molar-refractivity contribution in [3.63, 3.8) is 0 Å². The van der Waals surface area contributed by atoms with Crippen molar-refractivity contribution in [2.45, 2.75) is 6.04 Å². The van der Waals surface area contributed by atoms with Gasteiger partial charge in [-0.3, -0.25) is 4.98 Å². The summed E-state index contributed by atoms with van der Waals surface area (Å²) in [5, 5.41) is 13.8. The highest BCUT2D eigenvalue weighted by Crippen LogP contribution is 2.25. The Morgan fingerprint density at radius 3 is 2.57 bits per heavy atom. The van der Waals surface area contributed by atoms with Crippen molar-refractivity contribution >= 4 is 32.5 Å². The Bertz CT molecular complexity index is 801. The number of hydrogen-bond acceptors (Lipinski definition) is 3. The maximum absolute atomic E-state index is 9.51. The van der Waals surface area contributed by atoms with E-state index in [0.717, 1.165) is 26.6 Å². The first-order valence-electron chi connectivity index (χ1n) is 6.53. The fourth-order valence-electron chi connectivity index (χ4n) is 2.25. The van der Waals surface area contributed by atoms with Crippen LogP contribution in [-0.2, 0) is 0 Å². The summed E-state index contributed by atoms with van der Waals surface area (Å²) < 4.78 is 1.01. The molecule has 1 aromatic heterocycles. The number of nitriles is 1. The molecule has 3 rings (SSSR count). The van der Waals surface area contributed by atoms with E-state index in [0.29, 0.717) is 0 Å². The van der Waals surface area contributed by atoms with Crippen LogP contribution in [0.1, 0.15) is 11.6 Å². The molecular formula is C17H12BrN3. The summed E-state index contributed by atoms with van der Waals surface area (Å²) in [4.78, 5) is 4.41. The van der Waals surface area contributed by atoms with Crippen molar-refractivity contribution in [3.8, 4) is 6.07 Å². The number of nitrogens with one attached hydrogen (secondary N) is 1. The SMILES string of the molecule is N#CC(Nc1ccc(Br)cc1)c1cccc2cccnc12. The van der Waals surface area contributed by atoms with E-state index in [-0.39, 0.29) is 0 Å². The highest BCUT2D eigenvalue weighted by Gasteiger charge is 2.14. The molecule has 0 saturated carbocycles. The highest BCUT2D eigenvalue weighted by molar-refractivity contribution is 9.10. The third-order valence-corrected chi connectivity index (χ3v) is 3.79. The quantitative estimate of drug-likeness (QED) is 0.755. The molecule has 3 nitrogen and oxygen atoms in total. The minimum absolute atomic E-state index is 0.440. The molecule has 1 atom stereocenters. The molecule has 0 saturated heterocycles. The van der Waals surface area contributed by atoms with Crippen molar-refractivity contribution in [1.29, 1.82) is 5.26 Å². The van der Waals surface area contributed by atoms with Crippen LogP contribution in [0.4, 0.5) is 5.69 Å². The van der Waals surface area contributed by atoms with E-state index in [1.807, 2.05) is 54.6 Å². The van der Waals surface area contributed by atoms with Gasteiger partial charge in [-0.15, -0.1) is 0 Å². The van der Waals surface area contributed by atoms with Gasteiger partial charge < -0.3 is 5.32 Å². The number of fused-ring (bicyclic) bond motifs is 1. The van der Waals surface area contributed by atoms with E-state index in [9.17, 15) is 5.26 Å². The Morgan fingerprint density at radius 2 is 1.81 bits per heavy atom. The molecule has 1 unspecified atom stereocenters. The van der Waals surface area contributed by atoms with E-state index in [2.05, 4.69) is 32.3 Å². The zero-order valence-electron chi connectivity index (χ0n) is 11.1. The molecule has 0 fully saturated rings. The lowest BCUT2D eigenvalue weighted by atomic mass is 10.0. The average molecular weight is 338 g/mol. The van der Waals surface area contributed by atoms with Crippen molar-refractivity contribution in [2.75, 3.05) is 5.32 Å². The van der Waals surface area contributed by atoms with Crippen LogP contribution in [0.25, 0.3) is 10.9 Å². The van der Waals surface area contributed by atoms with Crippen LogP contribution in [0.2, 0.25) is 0 Å². The van der Waals surface area contributed by atoms with E-state index in [1.54, 1.807) is 6.20 Å². The second-order valence-corrected chi connectivity index (χ2v) is 5.55. The monoisotopic (exact) mass is 337 g/mol. The third-order valence-electron chi connectivity index (χ3n) is 3.26. The lowest BCUT2D eigenvalue weighted by molar-refractivity contribution is 1.00. The van der Waals surface area contributed by atoms with Crippen LogP contribution in [0.3, 0.4) is 0 Å². The fraction of sp³-hybridized carbons (Fsp3) is 0.0588. The number of halogens is 1. The van der Waals surface area contributed by atoms with Gasteiger partial charge in [-0.2, -0.15) is 5.26 Å². The van der Waals surface area contributed by atoms with Crippen LogP contribution >= 0.6 is 15.9 Å². The minimum Gasteiger partial charge on any atom is -0.366 e. The molecule has 0 radical (unpaired) electrons. The van der Waals surface area contributed by atoms with Gasteiger partial charge in [-0.1, -0.05) is 40.2 Å². The average Bonchev–Trinajstić information content (AvgIpc) is 2.54. The van der Waals surface area contributed by atoms with E-state index < -0.39 is 6.04 Å². The van der Waals surface area contributed by atoms with E-state index >= 15 is 0 Å². The van der Waals surface area contributed by atoms with Crippen LogP contribution in [0.15, 0.2) is 65.3 Å². The van der Waals surface area contributed by atoms with Crippen LogP contribution in [0.5, 0.6) is 0 Å². The zero-order valence-corrected chi connectivity index (χ0v) is 12.7. The molecule has 0 aliphatic rings. The van der Waals surface area contributed by atoms with Crippen LogP contribution < -0.4 is 5.32 Å². The normalized spacial score (nSPS) is 11.8. The van der Waals surface area contributed by atoms with Crippen molar-refractivity contribution < 1.29 is 0 Å². The second kappa shape index (κ2) is 5.94. The number of benzene rings is 2. The summed E-state index contributed by atoms with van der Waals surface area (Å²) in [6.45, 7) is 0. The van der Waals surface area contributed by atoms with Crippen molar-refractivity contribution in [3.05, 3.63) is 70.8 Å². The molecule has 0 aliphatic heterocycles. The van der Waals surface area contributed by atoms with E-state index in [4.69, 9.17) is 0 Å².